The van der Waals surface area contributed by atoms with Crippen molar-refractivity contribution in [1.82, 2.24) is 4.42 Å². The smallest absolute Gasteiger partial charge is 0.312 e. The Morgan fingerprint density at radius 2 is 1.73 bits per heavy atom. The molecule has 0 aliphatic carbocycles. The van der Waals surface area contributed by atoms with Gasteiger partial charge in [0.15, 0.2) is 0 Å². The second-order valence-corrected chi connectivity index (χ2v) is 8.79. The number of nitrogens with zero attached hydrogens (tertiary/aromatic N) is 1. The molecule has 1 aliphatic heterocycles. The molecule has 0 atom stereocenters. The third-order valence-electron chi connectivity index (χ3n) is 4.74. The van der Waals surface area contributed by atoms with Gasteiger partial charge in [0, 0.05) is 30.3 Å². The highest BCUT2D eigenvalue weighted by atomic mass is 35.5. The van der Waals surface area contributed by atoms with Crippen molar-refractivity contribution in [3.63, 3.8) is 0 Å². The van der Waals surface area contributed by atoms with E-state index in [0.717, 1.165) is 6.42 Å². The number of hydrogen-bond acceptors (Lipinski definition) is 3. The summed E-state index contributed by atoms with van der Waals surface area (Å²) >= 11 is 6.52. The second-order valence-electron chi connectivity index (χ2n) is 8.45. The molecule has 0 unspecified atom stereocenters. The first-order valence-corrected chi connectivity index (χ1v) is 8.29. The van der Waals surface area contributed by atoms with Gasteiger partial charge in [-0.2, -0.15) is 0 Å². The quantitative estimate of drug-likeness (QED) is 0.431. The molecule has 1 aliphatic rings. The molecule has 4 heteroatoms. The first-order chi connectivity index (χ1) is 9.82. The number of carbonyl (C=O) groups is 1. The van der Waals surface area contributed by atoms with E-state index in [0.29, 0.717) is 19.3 Å². The molecule has 0 amide bonds. The van der Waals surface area contributed by atoms with Gasteiger partial charge in [0.2, 0.25) is 0 Å². The fraction of sp³-hybridized carbons (Fsp3) is 0.833. The molecule has 0 spiro atoms. The van der Waals surface area contributed by atoms with Gasteiger partial charge in [0.1, 0.15) is 5.60 Å². The number of hydrogen-bond donors (Lipinski definition) is 0. The molecule has 0 bridgehead atoms. The van der Waals surface area contributed by atoms with Crippen LogP contribution in [0.3, 0.4) is 0 Å². The van der Waals surface area contributed by atoms with Crippen LogP contribution in [0.5, 0.6) is 0 Å². The topological polar surface area (TPSA) is 29.5 Å². The van der Waals surface area contributed by atoms with Gasteiger partial charge in [-0.15, -0.1) is 12.3 Å². The zero-order chi connectivity index (χ0) is 17.4. The maximum Gasteiger partial charge on any atom is 0.312 e. The molecule has 1 fully saturated rings. The van der Waals surface area contributed by atoms with Crippen LogP contribution in [0.15, 0.2) is 0 Å². The van der Waals surface area contributed by atoms with Gasteiger partial charge in [-0.1, -0.05) is 6.92 Å². The average molecular weight is 328 g/mol. The molecule has 1 saturated heterocycles. The van der Waals surface area contributed by atoms with Crippen molar-refractivity contribution in [2.45, 2.75) is 90.8 Å². The van der Waals surface area contributed by atoms with Crippen LogP contribution in [0, 0.1) is 17.8 Å². The van der Waals surface area contributed by atoms with Crippen molar-refractivity contribution in [1.29, 1.82) is 0 Å². The van der Waals surface area contributed by atoms with Crippen LogP contribution >= 0.6 is 11.8 Å². The number of carbonyl (C=O) groups excluding carboxylic acids is 1. The van der Waals surface area contributed by atoms with Gasteiger partial charge < -0.3 is 4.74 Å². The molecular weight excluding hydrogens is 298 g/mol. The van der Waals surface area contributed by atoms with Crippen LogP contribution in [-0.4, -0.2) is 27.1 Å². The second kappa shape index (κ2) is 6.06. The first-order valence-electron chi connectivity index (χ1n) is 7.95. The molecule has 0 aromatic carbocycles. The Morgan fingerprint density at radius 1 is 1.27 bits per heavy atom. The summed E-state index contributed by atoms with van der Waals surface area (Å²) < 4.78 is 7.87. The largest absolute Gasteiger partial charge is 0.457 e. The van der Waals surface area contributed by atoms with E-state index in [-0.39, 0.29) is 17.0 Å². The van der Waals surface area contributed by atoms with Gasteiger partial charge in [-0.3, -0.25) is 4.79 Å². The summed E-state index contributed by atoms with van der Waals surface area (Å²) in [4.78, 5) is 12.6. The number of terminal acetylenes is 1. The molecule has 1 heterocycles. The molecule has 1 rings (SSSR count). The lowest BCUT2D eigenvalue weighted by atomic mass is 9.71. The number of rotatable bonds is 4. The SMILES string of the molecule is C#CCC1(OC(=O)C(C)(C)CC)CC(C)(C)N(Cl)C(C)(C)C1. The summed E-state index contributed by atoms with van der Waals surface area (Å²) in [5, 5.41) is 0. The van der Waals surface area contributed by atoms with Crippen LogP contribution in [0.2, 0.25) is 0 Å². The Kier molecular flexibility index (Phi) is 5.32. The molecule has 0 aromatic rings. The van der Waals surface area contributed by atoms with Gasteiger partial charge in [0.05, 0.1) is 5.41 Å². The van der Waals surface area contributed by atoms with Crippen molar-refractivity contribution in [3.8, 4) is 12.3 Å². The normalized spacial score (nSPS) is 23.6. The van der Waals surface area contributed by atoms with E-state index in [1.807, 2.05) is 25.2 Å². The lowest BCUT2D eigenvalue weighted by Gasteiger charge is -2.55. The summed E-state index contributed by atoms with van der Waals surface area (Å²) in [6.45, 7) is 14.0. The van der Waals surface area contributed by atoms with Gasteiger partial charge >= 0.3 is 5.97 Å². The first kappa shape index (κ1) is 19.3. The van der Waals surface area contributed by atoms with E-state index in [2.05, 4.69) is 33.6 Å². The fourth-order valence-electron chi connectivity index (χ4n) is 3.50. The highest BCUT2D eigenvalue weighted by molar-refractivity contribution is 6.14. The third-order valence-corrected chi connectivity index (χ3v) is 5.66. The minimum Gasteiger partial charge on any atom is -0.457 e. The summed E-state index contributed by atoms with van der Waals surface area (Å²) in [6, 6.07) is 0. The number of halogens is 1. The molecule has 3 nitrogen and oxygen atoms in total. The van der Waals surface area contributed by atoms with Crippen LogP contribution in [0.4, 0.5) is 0 Å². The van der Waals surface area contributed by atoms with E-state index < -0.39 is 11.0 Å². The third kappa shape index (κ3) is 3.78. The van der Waals surface area contributed by atoms with Crippen molar-refractivity contribution in [2.24, 2.45) is 5.41 Å². The van der Waals surface area contributed by atoms with Crippen molar-refractivity contribution < 1.29 is 9.53 Å². The maximum absolute atomic E-state index is 12.6. The lowest BCUT2D eigenvalue weighted by molar-refractivity contribution is -0.185. The molecule has 0 radical (unpaired) electrons. The molecular formula is C18H30ClNO2. The Labute approximate surface area is 140 Å². The minimum absolute atomic E-state index is 0.181. The minimum atomic E-state index is -0.656. The van der Waals surface area contributed by atoms with E-state index >= 15 is 0 Å². The van der Waals surface area contributed by atoms with Gasteiger partial charge in [-0.25, -0.2) is 4.42 Å². The zero-order valence-electron chi connectivity index (χ0n) is 15.0. The van der Waals surface area contributed by atoms with Crippen LogP contribution in [0.25, 0.3) is 0 Å². The summed E-state index contributed by atoms with van der Waals surface area (Å²) in [5.74, 6) is 2.52. The highest BCUT2D eigenvalue weighted by Gasteiger charge is 2.54. The van der Waals surface area contributed by atoms with E-state index in [1.165, 1.54) is 0 Å². The van der Waals surface area contributed by atoms with Crippen LogP contribution < -0.4 is 0 Å². The predicted molar refractivity (Wildman–Crippen MR) is 91.4 cm³/mol. The Hall–Kier alpha value is -0.720. The Morgan fingerprint density at radius 3 is 2.09 bits per heavy atom. The standard InChI is InChI=1S/C18H30ClNO2/c1-9-11-18(22-14(21)15(3,4)10-2)12-16(5,6)20(19)17(7,8)13-18/h1H,10-13H2,2-8H3. The zero-order valence-corrected chi connectivity index (χ0v) is 15.8. The van der Waals surface area contributed by atoms with E-state index in [9.17, 15) is 4.79 Å². The summed E-state index contributed by atoms with van der Waals surface area (Å²) in [5.41, 5.74) is -1.78. The lowest BCUT2D eigenvalue weighted by Crippen LogP contribution is -2.63. The van der Waals surface area contributed by atoms with E-state index in [1.54, 1.807) is 0 Å². The number of esters is 1. The van der Waals surface area contributed by atoms with Crippen molar-refractivity contribution >= 4 is 17.7 Å². The molecule has 0 saturated carbocycles. The average Bonchev–Trinajstić information content (AvgIpc) is 2.35. The summed E-state index contributed by atoms with van der Waals surface area (Å²) in [6.07, 6.45) is 7.98. The van der Waals surface area contributed by atoms with E-state index in [4.69, 9.17) is 22.9 Å². The fourth-order valence-corrected chi connectivity index (χ4v) is 3.62. The van der Waals surface area contributed by atoms with Crippen molar-refractivity contribution in [2.75, 3.05) is 0 Å². The maximum atomic E-state index is 12.6. The van der Waals surface area contributed by atoms with Gasteiger partial charge in [0.25, 0.3) is 0 Å². The number of ether oxygens (including phenoxy) is 1. The molecule has 0 N–H and O–H groups in total. The molecule has 0 aromatic heterocycles. The highest BCUT2D eigenvalue weighted by Crippen LogP contribution is 2.48. The molecule has 126 valence electrons. The summed E-state index contributed by atoms with van der Waals surface area (Å²) in [7, 11) is 0. The Balaban J connectivity index is 3.17. The van der Waals surface area contributed by atoms with Gasteiger partial charge in [-0.05, 0) is 59.7 Å². The molecule has 22 heavy (non-hydrogen) atoms. The Bertz CT molecular complexity index is 456. The predicted octanol–water partition coefficient (Wildman–Crippen LogP) is 4.53. The monoisotopic (exact) mass is 327 g/mol. The number of piperidine rings is 1. The van der Waals surface area contributed by atoms with Crippen molar-refractivity contribution in [3.05, 3.63) is 0 Å². The van der Waals surface area contributed by atoms with Crippen LogP contribution in [0.1, 0.15) is 74.1 Å². The van der Waals surface area contributed by atoms with Crippen LogP contribution in [-0.2, 0) is 9.53 Å².